The van der Waals surface area contributed by atoms with Crippen LogP contribution in [0, 0.1) is 0 Å². The minimum atomic E-state index is 0.440. The number of anilines is 1. The molecule has 0 atom stereocenters. The molecule has 1 aromatic carbocycles. The van der Waals surface area contributed by atoms with Crippen LogP contribution in [0.25, 0.3) is 0 Å². The van der Waals surface area contributed by atoms with E-state index in [-0.39, 0.29) is 0 Å². The molecule has 78 valence electrons. The number of nitrogens with zero attached hydrogens (tertiary/aromatic N) is 1. The molecule has 0 N–H and O–H groups in total. The van der Waals surface area contributed by atoms with Crippen molar-refractivity contribution >= 4 is 28.9 Å². The van der Waals surface area contributed by atoms with Gasteiger partial charge in [-0.1, -0.05) is 17.7 Å². The first kappa shape index (κ1) is 11.7. The summed E-state index contributed by atoms with van der Waals surface area (Å²) in [6.07, 6.45) is 0. The smallest absolute Gasteiger partial charge is 0.0494 e. The highest BCUT2D eigenvalue weighted by Crippen LogP contribution is 2.26. The normalized spacial score (nSPS) is 10.7. The standard InChI is InChI=1S/C11H15Cl2N/c1-8(2)14(3)11-6-10(13)5-4-9(11)7-12/h4-6,8H,7H2,1-3H3. The second-order valence-corrected chi connectivity index (χ2v) is 4.32. The summed E-state index contributed by atoms with van der Waals surface area (Å²) < 4.78 is 0. The van der Waals surface area contributed by atoms with E-state index in [9.17, 15) is 0 Å². The van der Waals surface area contributed by atoms with E-state index in [2.05, 4.69) is 18.7 Å². The number of alkyl halides is 1. The third-order valence-electron chi connectivity index (χ3n) is 2.35. The lowest BCUT2D eigenvalue weighted by Crippen LogP contribution is -2.26. The minimum absolute atomic E-state index is 0.440. The monoisotopic (exact) mass is 231 g/mol. The molecule has 0 fully saturated rings. The highest BCUT2D eigenvalue weighted by molar-refractivity contribution is 6.31. The number of halogens is 2. The van der Waals surface area contributed by atoms with Crippen molar-refractivity contribution in [3.8, 4) is 0 Å². The number of rotatable bonds is 3. The van der Waals surface area contributed by atoms with Crippen molar-refractivity contribution in [2.75, 3.05) is 11.9 Å². The fraction of sp³-hybridized carbons (Fsp3) is 0.455. The van der Waals surface area contributed by atoms with Crippen molar-refractivity contribution in [1.82, 2.24) is 0 Å². The molecular formula is C11H15Cl2N. The molecule has 3 heteroatoms. The molecule has 14 heavy (non-hydrogen) atoms. The van der Waals surface area contributed by atoms with Crippen LogP contribution in [0.1, 0.15) is 19.4 Å². The third-order valence-corrected chi connectivity index (χ3v) is 2.87. The van der Waals surface area contributed by atoms with Crippen LogP contribution in [0.5, 0.6) is 0 Å². The lowest BCUT2D eigenvalue weighted by Gasteiger charge is -2.26. The molecule has 0 spiro atoms. The minimum Gasteiger partial charge on any atom is -0.372 e. The molecule has 0 aliphatic rings. The molecule has 0 aromatic heterocycles. The van der Waals surface area contributed by atoms with Gasteiger partial charge >= 0.3 is 0 Å². The molecule has 0 amide bonds. The molecule has 0 saturated carbocycles. The van der Waals surface area contributed by atoms with E-state index in [0.29, 0.717) is 11.9 Å². The van der Waals surface area contributed by atoms with Crippen molar-refractivity contribution in [3.63, 3.8) is 0 Å². The number of benzene rings is 1. The van der Waals surface area contributed by atoms with Gasteiger partial charge in [0, 0.05) is 29.7 Å². The average Bonchev–Trinajstić information content (AvgIpc) is 2.16. The summed E-state index contributed by atoms with van der Waals surface area (Å²) in [6.45, 7) is 4.28. The van der Waals surface area contributed by atoms with Gasteiger partial charge in [0.15, 0.2) is 0 Å². The SMILES string of the molecule is CC(C)N(C)c1cc(Cl)ccc1CCl. The van der Waals surface area contributed by atoms with Gasteiger partial charge in [-0.15, -0.1) is 11.6 Å². The lowest BCUT2D eigenvalue weighted by atomic mass is 10.1. The van der Waals surface area contributed by atoms with Gasteiger partial charge in [0.05, 0.1) is 0 Å². The van der Waals surface area contributed by atoms with Crippen LogP contribution >= 0.6 is 23.2 Å². The van der Waals surface area contributed by atoms with Crippen LogP contribution in [-0.2, 0) is 5.88 Å². The zero-order chi connectivity index (χ0) is 10.7. The van der Waals surface area contributed by atoms with Gasteiger partial charge in [0.1, 0.15) is 0 Å². The Bertz CT molecular complexity index is 310. The third kappa shape index (κ3) is 2.55. The van der Waals surface area contributed by atoms with Crippen LogP contribution in [0.2, 0.25) is 5.02 Å². The molecule has 0 heterocycles. The van der Waals surface area contributed by atoms with Gasteiger partial charge in [0.2, 0.25) is 0 Å². The molecule has 1 aromatic rings. The maximum absolute atomic E-state index is 5.95. The summed E-state index contributed by atoms with van der Waals surface area (Å²) in [7, 11) is 2.05. The first-order chi connectivity index (χ1) is 6.56. The van der Waals surface area contributed by atoms with E-state index < -0.39 is 0 Å². The number of hydrogen-bond donors (Lipinski definition) is 0. The van der Waals surface area contributed by atoms with Crippen LogP contribution in [0.15, 0.2) is 18.2 Å². The summed E-state index contributed by atoms with van der Waals surface area (Å²) >= 11 is 11.8. The van der Waals surface area contributed by atoms with Gasteiger partial charge < -0.3 is 4.90 Å². The lowest BCUT2D eigenvalue weighted by molar-refractivity contribution is 0.752. The van der Waals surface area contributed by atoms with E-state index in [4.69, 9.17) is 23.2 Å². The van der Waals surface area contributed by atoms with Crippen molar-refractivity contribution in [3.05, 3.63) is 28.8 Å². The van der Waals surface area contributed by atoms with E-state index in [1.54, 1.807) is 0 Å². The average molecular weight is 232 g/mol. The van der Waals surface area contributed by atoms with E-state index in [1.165, 1.54) is 0 Å². The molecule has 0 bridgehead atoms. The highest BCUT2D eigenvalue weighted by Gasteiger charge is 2.09. The van der Waals surface area contributed by atoms with Crippen LogP contribution < -0.4 is 4.90 Å². The van der Waals surface area contributed by atoms with Crippen LogP contribution in [0.3, 0.4) is 0 Å². The van der Waals surface area contributed by atoms with E-state index in [1.807, 2.05) is 25.2 Å². The second kappa shape index (κ2) is 4.90. The largest absolute Gasteiger partial charge is 0.372 e. The zero-order valence-corrected chi connectivity index (χ0v) is 10.2. The fourth-order valence-corrected chi connectivity index (χ4v) is 1.65. The van der Waals surface area contributed by atoms with Gasteiger partial charge in [-0.05, 0) is 31.5 Å². The quantitative estimate of drug-likeness (QED) is 0.714. The Labute approximate surface area is 95.6 Å². The molecule has 1 nitrogen and oxygen atoms in total. The van der Waals surface area contributed by atoms with Crippen molar-refractivity contribution < 1.29 is 0 Å². The molecule has 0 aliphatic carbocycles. The number of hydrogen-bond acceptors (Lipinski definition) is 1. The molecule has 0 unspecified atom stereocenters. The molecular weight excluding hydrogens is 217 g/mol. The Morgan fingerprint density at radius 3 is 2.50 bits per heavy atom. The van der Waals surface area contributed by atoms with Gasteiger partial charge in [0.25, 0.3) is 0 Å². The summed E-state index contributed by atoms with van der Waals surface area (Å²) in [5.41, 5.74) is 2.23. The fourth-order valence-electron chi connectivity index (χ4n) is 1.26. The summed E-state index contributed by atoms with van der Waals surface area (Å²) in [6, 6.07) is 6.25. The summed E-state index contributed by atoms with van der Waals surface area (Å²) in [5, 5.41) is 0.751. The molecule has 0 saturated heterocycles. The molecule has 0 radical (unpaired) electrons. The van der Waals surface area contributed by atoms with Gasteiger partial charge in [-0.2, -0.15) is 0 Å². The second-order valence-electron chi connectivity index (χ2n) is 3.61. The predicted octanol–water partition coefficient (Wildman–Crippen LogP) is 3.92. The van der Waals surface area contributed by atoms with Crippen molar-refractivity contribution in [2.45, 2.75) is 25.8 Å². The maximum atomic E-state index is 5.95. The van der Waals surface area contributed by atoms with Gasteiger partial charge in [-0.3, -0.25) is 0 Å². The highest BCUT2D eigenvalue weighted by atomic mass is 35.5. The Balaban J connectivity index is 3.10. The first-order valence-electron chi connectivity index (χ1n) is 4.63. The zero-order valence-electron chi connectivity index (χ0n) is 8.72. The van der Waals surface area contributed by atoms with Gasteiger partial charge in [-0.25, -0.2) is 0 Å². The maximum Gasteiger partial charge on any atom is 0.0494 e. The van der Waals surface area contributed by atoms with E-state index >= 15 is 0 Å². The summed E-state index contributed by atoms with van der Waals surface area (Å²) in [4.78, 5) is 2.17. The van der Waals surface area contributed by atoms with Crippen molar-refractivity contribution in [1.29, 1.82) is 0 Å². The predicted molar refractivity (Wildman–Crippen MR) is 64.5 cm³/mol. The molecule has 0 aliphatic heterocycles. The Morgan fingerprint density at radius 2 is 2.00 bits per heavy atom. The Kier molecular flexibility index (Phi) is 4.09. The first-order valence-corrected chi connectivity index (χ1v) is 5.54. The topological polar surface area (TPSA) is 3.24 Å². The van der Waals surface area contributed by atoms with Crippen LogP contribution in [0.4, 0.5) is 5.69 Å². The van der Waals surface area contributed by atoms with Crippen LogP contribution in [-0.4, -0.2) is 13.1 Å². The van der Waals surface area contributed by atoms with E-state index in [0.717, 1.165) is 16.3 Å². The molecule has 1 rings (SSSR count). The van der Waals surface area contributed by atoms with Crippen molar-refractivity contribution in [2.24, 2.45) is 0 Å². The Morgan fingerprint density at radius 1 is 1.36 bits per heavy atom. The Hall–Kier alpha value is -0.400. The summed E-state index contributed by atoms with van der Waals surface area (Å²) in [5.74, 6) is 0.517.